The van der Waals surface area contributed by atoms with E-state index in [2.05, 4.69) is 4.99 Å². The average Bonchev–Trinajstić information content (AvgIpc) is 2.28. The van der Waals surface area contributed by atoms with Crippen molar-refractivity contribution in [2.45, 2.75) is 0 Å². The molecule has 3 amide bonds. The Morgan fingerprint density at radius 1 is 1.19 bits per heavy atom. The number of carbonyl (C=O) groups is 2. The minimum Gasteiger partial charge on any atom is -0.255 e. The molecule has 0 fully saturated rings. The van der Waals surface area contributed by atoms with Crippen molar-refractivity contribution < 1.29 is 9.59 Å². The highest BCUT2D eigenvalue weighted by Gasteiger charge is 2.14. The zero-order valence-electron chi connectivity index (χ0n) is 8.35. The van der Waals surface area contributed by atoms with Crippen LogP contribution in [0.5, 0.6) is 0 Å². The summed E-state index contributed by atoms with van der Waals surface area (Å²) in [7, 11) is 1.22. The Labute approximate surface area is 102 Å². The standard InChI is InChI=1S/C10H8Cl2N2O2/c1-14(9(12)15)10(16)13-8(11)7-5-3-2-4-6-7/h2-6H,1H3/b13-8-. The fourth-order valence-corrected chi connectivity index (χ4v) is 1.14. The van der Waals surface area contributed by atoms with E-state index >= 15 is 0 Å². The van der Waals surface area contributed by atoms with Gasteiger partial charge < -0.3 is 0 Å². The highest BCUT2D eigenvalue weighted by Crippen LogP contribution is 2.06. The molecule has 84 valence electrons. The van der Waals surface area contributed by atoms with Crippen molar-refractivity contribution in [1.29, 1.82) is 0 Å². The maximum absolute atomic E-state index is 11.3. The number of aliphatic imine (C=N–C) groups is 1. The molecule has 0 aliphatic rings. The van der Waals surface area contributed by atoms with Gasteiger partial charge in [0.1, 0.15) is 5.17 Å². The van der Waals surface area contributed by atoms with Crippen LogP contribution in [0.1, 0.15) is 5.56 Å². The molecule has 0 saturated heterocycles. The van der Waals surface area contributed by atoms with Gasteiger partial charge in [0.2, 0.25) is 0 Å². The second-order valence-electron chi connectivity index (χ2n) is 2.86. The molecule has 1 rings (SSSR count). The average molecular weight is 259 g/mol. The van der Waals surface area contributed by atoms with Crippen molar-refractivity contribution >= 4 is 39.8 Å². The zero-order chi connectivity index (χ0) is 12.1. The first-order valence-corrected chi connectivity index (χ1v) is 5.04. The normalized spacial score (nSPS) is 11.1. The first-order chi connectivity index (χ1) is 7.52. The van der Waals surface area contributed by atoms with E-state index in [1.165, 1.54) is 7.05 Å². The number of carbonyl (C=O) groups excluding carboxylic acids is 2. The lowest BCUT2D eigenvalue weighted by atomic mass is 10.2. The van der Waals surface area contributed by atoms with Crippen molar-refractivity contribution in [2.75, 3.05) is 7.05 Å². The van der Waals surface area contributed by atoms with Crippen LogP contribution in [-0.4, -0.2) is 28.5 Å². The fraction of sp³-hybridized carbons (Fsp3) is 0.100. The molecule has 0 spiro atoms. The maximum Gasteiger partial charge on any atom is 0.352 e. The molecule has 0 atom stereocenters. The van der Waals surface area contributed by atoms with Crippen molar-refractivity contribution in [3.8, 4) is 0 Å². The van der Waals surface area contributed by atoms with E-state index in [-0.39, 0.29) is 5.17 Å². The van der Waals surface area contributed by atoms with Crippen molar-refractivity contribution in [3.05, 3.63) is 35.9 Å². The summed E-state index contributed by atoms with van der Waals surface area (Å²) in [6.45, 7) is 0. The van der Waals surface area contributed by atoms with Crippen molar-refractivity contribution in [3.63, 3.8) is 0 Å². The predicted molar refractivity (Wildman–Crippen MR) is 63.2 cm³/mol. The maximum atomic E-state index is 11.3. The number of halogens is 2. The Balaban J connectivity index is 2.86. The van der Waals surface area contributed by atoms with E-state index in [0.717, 1.165) is 0 Å². The van der Waals surface area contributed by atoms with Gasteiger partial charge in [-0.3, -0.25) is 9.69 Å². The fourth-order valence-electron chi connectivity index (χ4n) is 0.874. The zero-order valence-corrected chi connectivity index (χ0v) is 9.87. The van der Waals surface area contributed by atoms with Crippen LogP contribution in [-0.2, 0) is 0 Å². The number of benzene rings is 1. The van der Waals surface area contributed by atoms with Crippen LogP contribution >= 0.6 is 23.2 Å². The molecular weight excluding hydrogens is 251 g/mol. The lowest BCUT2D eigenvalue weighted by molar-refractivity contribution is 0.214. The van der Waals surface area contributed by atoms with Crippen LogP contribution in [0.15, 0.2) is 35.3 Å². The van der Waals surface area contributed by atoms with Gasteiger partial charge in [0, 0.05) is 12.6 Å². The molecule has 16 heavy (non-hydrogen) atoms. The molecule has 0 radical (unpaired) electrons. The highest BCUT2D eigenvalue weighted by atomic mass is 35.5. The first-order valence-electron chi connectivity index (χ1n) is 4.29. The van der Waals surface area contributed by atoms with E-state index in [4.69, 9.17) is 23.2 Å². The molecule has 0 aliphatic carbocycles. The van der Waals surface area contributed by atoms with E-state index in [0.29, 0.717) is 10.5 Å². The van der Waals surface area contributed by atoms with Gasteiger partial charge in [-0.25, -0.2) is 4.79 Å². The molecule has 1 aromatic rings. The van der Waals surface area contributed by atoms with E-state index in [1.807, 2.05) is 6.07 Å². The second kappa shape index (κ2) is 5.63. The van der Waals surface area contributed by atoms with E-state index in [9.17, 15) is 9.59 Å². The monoisotopic (exact) mass is 258 g/mol. The second-order valence-corrected chi connectivity index (χ2v) is 3.54. The minimum absolute atomic E-state index is 0.00960. The quantitative estimate of drug-likeness (QED) is 0.442. The Bertz CT molecular complexity index is 432. The summed E-state index contributed by atoms with van der Waals surface area (Å²) in [5, 5.41) is -0.901. The summed E-state index contributed by atoms with van der Waals surface area (Å²) in [6, 6.07) is 7.91. The van der Waals surface area contributed by atoms with Crippen LogP contribution in [0.25, 0.3) is 0 Å². The highest BCUT2D eigenvalue weighted by molar-refractivity contribution is 6.70. The number of nitrogens with zero attached hydrogens (tertiary/aromatic N) is 2. The van der Waals surface area contributed by atoms with Gasteiger partial charge in [-0.15, -0.1) is 0 Å². The largest absolute Gasteiger partial charge is 0.352 e. The Hall–Kier alpha value is -1.39. The van der Waals surface area contributed by atoms with Crippen LogP contribution in [0, 0.1) is 0 Å². The smallest absolute Gasteiger partial charge is 0.255 e. The molecule has 0 unspecified atom stereocenters. The van der Waals surface area contributed by atoms with Gasteiger partial charge in [0.25, 0.3) is 0 Å². The molecule has 4 nitrogen and oxygen atoms in total. The summed E-state index contributed by atoms with van der Waals surface area (Å²) in [5.41, 5.74) is 0.591. The molecular formula is C10H8Cl2N2O2. The Kier molecular flexibility index (Phi) is 4.46. The number of hydrogen-bond donors (Lipinski definition) is 0. The third-order valence-electron chi connectivity index (χ3n) is 1.76. The van der Waals surface area contributed by atoms with Gasteiger partial charge in [0.15, 0.2) is 0 Å². The van der Waals surface area contributed by atoms with Gasteiger partial charge in [0.05, 0.1) is 0 Å². The minimum atomic E-state index is -0.911. The molecule has 0 saturated carbocycles. The lowest BCUT2D eigenvalue weighted by Gasteiger charge is -2.07. The Morgan fingerprint density at radius 3 is 2.25 bits per heavy atom. The molecule has 6 heteroatoms. The molecule has 1 aromatic carbocycles. The topological polar surface area (TPSA) is 49.7 Å². The van der Waals surface area contributed by atoms with Gasteiger partial charge in [-0.1, -0.05) is 41.9 Å². The number of imide groups is 1. The summed E-state index contributed by atoms with van der Waals surface area (Å²) in [6.07, 6.45) is 0. The van der Waals surface area contributed by atoms with Crippen LogP contribution in [0.3, 0.4) is 0 Å². The van der Waals surface area contributed by atoms with Crippen molar-refractivity contribution in [2.24, 2.45) is 4.99 Å². The van der Waals surface area contributed by atoms with Gasteiger partial charge in [-0.05, 0) is 11.6 Å². The van der Waals surface area contributed by atoms with Crippen LogP contribution in [0.2, 0.25) is 0 Å². The van der Waals surface area contributed by atoms with Crippen LogP contribution < -0.4 is 0 Å². The number of rotatable bonds is 1. The van der Waals surface area contributed by atoms with Crippen LogP contribution in [0.4, 0.5) is 9.59 Å². The van der Waals surface area contributed by atoms with Crippen molar-refractivity contribution in [1.82, 2.24) is 4.90 Å². The van der Waals surface area contributed by atoms with Gasteiger partial charge >= 0.3 is 11.4 Å². The summed E-state index contributed by atoms with van der Waals surface area (Å²) >= 11 is 10.9. The number of amides is 3. The molecule has 0 heterocycles. The summed E-state index contributed by atoms with van der Waals surface area (Å²) < 4.78 is 0. The van der Waals surface area contributed by atoms with E-state index < -0.39 is 11.4 Å². The number of hydrogen-bond acceptors (Lipinski definition) is 2. The summed E-state index contributed by atoms with van der Waals surface area (Å²) in [5.74, 6) is 0. The SMILES string of the molecule is CN(C(=O)Cl)C(=O)/N=C(\Cl)c1ccccc1. The third-order valence-corrected chi connectivity index (χ3v) is 2.31. The third kappa shape index (κ3) is 3.32. The van der Waals surface area contributed by atoms with E-state index in [1.54, 1.807) is 24.3 Å². The Morgan fingerprint density at radius 2 is 1.75 bits per heavy atom. The molecule has 0 aromatic heterocycles. The molecule has 0 bridgehead atoms. The molecule has 0 N–H and O–H groups in total. The summed E-state index contributed by atoms with van der Waals surface area (Å²) in [4.78, 5) is 26.2. The predicted octanol–water partition coefficient (Wildman–Crippen LogP) is 3.08. The lowest BCUT2D eigenvalue weighted by Crippen LogP contribution is -2.26. The molecule has 0 aliphatic heterocycles. The number of urea groups is 1. The van der Waals surface area contributed by atoms with Gasteiger partial charge in [-0.2, -0.15) is 4.99 Å². The first kappa shape index (κ1) is 12.7.